The van der Waals surface area contributed by atoms with Gasteiger partial charge in [0.2, 0.25) is 11.8 Å². The summed E-state index contributed by atoms with van der Waals surface area (Å²) in [7, 11) is -3.57. The van der Waals surface area contributed by atoms with Crippen LogP contribution >= 0.6 is 0 Å². The van der Waals surface area contributed by atoms with Gasteiger partial charge in [0, 0.05) is 11.8 Å². The summed E-state index contributed by atoms with van der Waals surface area (Å²) >= 11 is 0. The first-order valence-electron chi connectivity index (χ1n) is 4.17. The second kappa shape index (κ2) is 3.93. The number of carbonyl (C=O) groups is 2. The minimum atomic E-state index is -3.57. The number of nitrogens with two attached hydrogens (primary N) is 2. The van der Waals surface area contributed by atoms with Gasteiger partial charge in [0.1, 0.15) is 0 Å². The fraction of sp³-hybridized carbons (Fsp3) is 0.111. The van der Waals surface area contributed by atoms with Crippen molar-refractivity contribution in [1.29, 1.82) is 0 Å². The zero-order chi connectivity index (χ0) is 12.5. The fourth-order valence-corrected chi connectivity index (χ4v) is 2.07. The van der Waals surface area contributed by atoms with Gasteiger partial charge in [0.15, 0.2) is 9.84 Å². The van der Waals surface area contributed by atoms with Gasteiger partial charge in [-0.2, -0.15) is 0 Å². The molecule has 1 aromatic carbocycles. The maximum absolute atomic E-state index is 11.3. The van der Waals surface area contributed by atoms with Crippen molar-refractivity contribution in [3.8, 4) is 0 Å². The van der Waals surface area contributed by atoms with Gasteiger partial charge in [-0.15, -0.1) is 0 Å². The molecule has 4 N–H and O–H groups in total. The van der Waals surface area contributed by atoms with E-state index < -0.39 is 21.7 Å². The first-order valence-corrected chi connectivity index (χ1v) is 6.06. The number of rotatable bonds is 3. The van der Waals surface area contributed by atoms with Crippen LogP contribution in [0.2, 0.25) is 0 Å². The largest absolute Gasteiger partial charge is 0.366 e. The van der Waals surface area contributed by atoms with E-state index in [9.17, 15) is 18.0 Å². The molecule has 0 aliphatic heterocycles. The lowest BCUT2D eigenvalue weighted by atomic mass is 10.1. The molecule has 6 nitrogen and oxygen atoms in total. The number of hydrogen-bond acceptors (Lipinski definition) is 4. The van der Waals surface area contributed by atoms with Crippen LogP contribution in [0.5, 0.6) is 0 Å². The van der Waals surface area contributed by atoms with E-state index in [1.165, 1.54) is 6.07 Å². The first kappa shape index (κ1) is 12.2. The van der Waals surface area contributed by atoms with E-state index in [1.54, 1.807) is 0 Å². The van der Waals surface area contributed by atoms with Crippen LogP contribution in [0.1, 0.15) is 20.7 Å². The molecular formula is C9H10N2O4S. The summed E-state index contributed by atoms with van der Waals surface area (Å²) in [6.07, 6.45) is 0.943. The summed E-state index contributed by atoms with van der Waals surface area (Å²) < 4.78 is 22.6. The monoisotopic (exact) mass is 242 g/mol. The van der Waals surface area contributed by atoms with Crippen LogP contribution in [-0.4, -0.2) is 26.5 Å². The summed E-state index contributed by atoms with van der Waals surface area (Å²) in [5.41, 5.74) is 9.82. The Kier molecular flexibility index (Phi) is 2.99. The number of amides is 2. The lowest BCUT2D eigenvalue weighted by molar-refractivity contribution is 0.0997. The number of hydrogen-bond donors (Lipinski definition) is 2. The van der Waals surface area contributed by atoms with Crippen LogP contribution in [0.25, 0.3) is 0 Å². The van der Waals surface area contributed by atoms with E-state index in [4.69, 9.17) is 11.5 Å². The van der Waals surface area contributed by atoms with Crippen molar-refractivity contribution in [2.24, 2.45) is 11.5 Å². The third-order valence-corrected chi connectivity index (χ3v) is 3.08. The Morgan fingerprint density at radius 3 is 2.06 bits per heavy atom. The fourth-order valence-electron chi connectivity index (χ4n) is 1.20. The molecule has 2 amide bonds. The zero-order valence-corrected chi connectivity index (χ0v) is 9.24. The third kappa shape index (κ3) is 2.37. The SMILES string of the molecule is CS(=O)(=O)c1ccc(C(N)=O)cc1C(N)=O. The molecule has 1 aromatic rings. The molecule has 0 unspecified atom stereocenters. The molecule has 1 rings (SSSR count). The molecule has 0 saturated heterocycles. The number of primary amides is 2. The lowest BCUT2D eigenvalue weighted by Gasteiger charge is -2.05. The molecule has 0 aliphatic carbocycles. The molecule has 86 valence electrons. The highest BCUT2D eigenvalue weighted by Gasteiger charge is 2.18. The summed E-state index contributed by atoms with van der Waals surface area (Å²) in [5.74, 6) is -1.69. The van der Waals surface area contributed by atoms with Crippen LogP contribution in [0.15, 0.2) is 23.1 Å². The van der Waals surface area contributed by atoms with Crippen LogP contribution in [0.4, 0.5) is 0 Å². The van der Waals surface area contributed by atoms with Crippen molar-refractivity contribution in [1.82, 2.24) is 0 Å². The predicted octanol–water partition coefficient (Wildman–Crippen LogP) is -0.712. The highest BCUT2D eigenvalue weighted by atomic mass is 32.2. The quantitative estimate of drug-likeness (QED) is 0.727. The van der Waals surface area contributed by atoms with E-state index in [0.29, 0.717) is 0 Å². The van der Waals surface area contributed by atoms with E-state index >= 15 is 0 Å². The molecule has 0 bridgehead atoms. The number of benzene rings is 1. The molecule has 0 spiro atoms. The Labute approximate surface area is 92.2 Å². The van der Waals surface area contributed by atoms with Gasteiger partial charge in [-0.05, 0) is 18.2 Å². The smallest absolute Gasteiger partial charge is 0.250 e. The highest BCUT2D eigenvalue weighted by Crippen LogP contribution is 2.17. The molecule has 0 fully saturated rings. The van der Waals surface area contributed by atoms with Crippen molar-refractivity contribution in [3.63, 3.8) is 0 Å². The topological polar surface area (TPSA) is 120 Å². The van der Waals surface area contributed by atoms with Crippen LogP contribution in [0.3, 0.4) is 0 Å². The Morgan fingerprint density at radius 2 is 1.69 bits per heavy atom. The first-order chi connectivity index (χ1) is 7.23. The second-order valence-electron chi connectivity index (χ2n) is 3.21. The van der Waals surface area contributed by atoms with Crippen molar-refractivity contribution in [3.05, 3.63) is 29.3 Å². The molecule has 0 aromatic heterocycles. The van der Waals surface area contributed by atoms with E-state index in [0.717, 1.165) is 18.4 Å². The molecule has 0 atom stereocenters. The van der Waals surface area contributed by atoms with Gasteiger partial charge in [0.05, 0.1) is 10.5 Å². The van der Waals surface area contributed by atoms with Gasteiger partial charge in [-0.25, -0.2) is 8.42 Å². The van der Waals surface area contributed by atoms with Crippen molar-refractivity contribution in [2.45, 2.75) is 4.90 Å². The molecule has 0 saturated carbocycles. The van der Waals surface area contributed by atoms with E-state index in [-0.39, 0.29) is 16.0 Å². The van der Waals surface area contributed by atoms with Crippen molar-refractivity contribution in [2.75, 3.05) is 6.26 Å². The maximum Gasteiger partial charge on any atom is 0.250 e. The number of carbonyl (C=O) groups excluding carboxylic acids is 2. The molecule has 7 heteroatoms. The van der Waals surface area contributed by atoms with Crippen molar-refractivity contribution >= 4 is 21.7 Å². The van der Waals surface area contributed by atoms with Gasteiger partial charge in [0.25, 0.3) is 0 Å². The summed E-state index contributed by atoms with van der Waals surface area (Å²) in [5, 5.41) is 0. The van der Waals surface area contributed by atoms with Crippen molar-refractivity contribution < 1.29 is 18.0 Å². The molecule has 16 heavy (non-hydrogen) atoms. The molecule has 0 radical (unpaired) electrons. The average molecular weight is 242 g/mol. The standard InChI is InChI=1S/C9H10N2O4S/c1-16(14,15)7-3-2-5(8(10)12)4-6(7)9(11)13/h2-4H,1H3,(H2,10,12)(H2,11,13). The minimum Gasteiger partial charge on any atom is -0.366 e. The molecular weight excluding hydrogens is 232 g/mol. The van der Waals surface area contributed by atoms with Gasteiger partial charge < -0.3 is 11.5 Å². The number of sulfone groups is 1. The van der Waals surface area contributed by atoms with Crippen LogP contribution in [0, 0.1) is 0 Å². The average Bonchev–Trinajstić information content (AvgIpc) is 2.15. The van der Waals surface area contributed by atoms with E-state index in [2.05, 4.69) is 0 Å². The third-order valence-electron chi connectivity index (χ3n) is 1.93. The van der Waals surface area contributed by atoms with Gasteiger partial charge in [-0.3, -0.25) is 9.59 Å². The highest BCUT2D eigenvalue weighted by molar-refractivity contribution is 7.90. The Morgan fingerprint density at radius 1 is 1.12 bits per heavy atom. The second-order valence-corrected chi connectivity index (χ2v) is 5.20. The Hall–Kier alpha value is -1.89. The molecule has 0 heterocycles. The predicted molar refractivity (Wildman–Crippen MR) is 56.6 cm³/mol. The minimum absolute atomic E-state index is 0.0289. The Balaban J connectivity index is 3.55. The lowest BCUT2D eigenvalue weighted by Crippen LogP contribution is -2.18. The Bertz CT molecular complexity index is 563. The maximum atomic E-state index is 11.3. The van der Waals surface area contributed by atoms with Crippen LogP contribution in [-0.2, 0) is 9.84 Å². The summed E-state index contributed by atoms with van der Waals surface area (Å²) in [6, 6.07) is 3.43. The van der Waals surface area contributed by atoms with Gasteiger partial charge in [-0.1, -0.05) is 0 Å². The summed E-state index contributed by atoms with van der Waals surface area (Å²) in [4.78, 5) is 21.7. The zero-order valence-electron chi connectivity index (χ0n) is 8.43. The van der Waals surface area contributed by atoms with Crippen LogP contribution < -0.4 is 11.5 Å². The normalized spacial score (nSPS) is 11.1. The van der Waals surface area contributed by atoms with Gasteiger partial charge >= 0.3 is 0 Å². The summed E-state index contributed by atoms with van der Waals surface area (Å²) in [6.45, 7) is 0. The molecule has 0 aliphatic rings. The van der Waals surface area contributed by atoms with E-state index in [1.807, 2.05) is 0 Å².